The van der Waals surface area contributed by atoms with Gasteiger partial charge in [-0.25, -0.2) is 19.9 Å². The van der Waals surface area contributed by atoms with E-state index in [1.54, 1.807) is 24.7 Å². The molecule has 3 aromatic heterocycles. The van der Waals surface area contributed by atoms with Gasteiger partial charge in [0.2, 0.25) is 5.91 Å². The van der Waals surface area contributed by atoms with E-state index in [0.29, 0.717) is 34.6 Å². The number of carbonyl (C=O) groups excluding carboxylic acids is 1. The largest absolute Gasteiger partial charge is 0.463 e. The van der Waals surface area contributed by atoms with E-state index in [0.717, 1.165) is 31.5 Å². The minimum Gasteiger partial charge on any atom is -0.463 e. The van der Waals surface area contributed by atoms with Gasteiger partial charge in [0.05, 0.1) is 18.2 Å². The minimum absolute atomic E-state index is 0.00417. The SMILES string of the molecule is O=C(Nc1cnc(-c2ccnc(C3CC3)n2)c(-c2ccco2)n1)C1CC1. The fourth-order valence-electron chi connectivity index (χ4n) is 2.84. The van der Waals surface area contributed by atoms with Crippen molar-refractivity contribution in [3.05, 3.63) is 42.7 Å². The van der Waals surface area contributed by atoms with Crippen molar-refractivity contribution in [1.29, 1.82) is 0 Å². The first-order chi connectivity index (χ1) is 12.8. The van der Waals surface area contributed by atoms with Crippen molar-refractivity contribution in [1.82, 2.24) is 19.9 Å². The van der Waals surface area contributed by atoms with Gasteiger partial charge in [-0.15, -0.1) is 0 Å². The van der Waals surface area contributed by atoms with Crippen LogP contribution in [0.1, 0.15) is 37.4 Å². The molecule has 0 radical (unpaired) electrons. The Balaban J connectivity index is 1.55. The third-order valence-corrected chi connectivity index (χ3v) is 4.59. The summed E-state index contributed by atoms with van der Waals surface area (Å²) in [5, 5.41) is 2.84. The molecule has 0 saturated heterocycles. The maximum Gasteiger partial charge on any atom is 0.228 e. The van der Waals surface area contributed by atoms with Crippen LogP contribution in [0.25, 0.3) is 22.8 Å². The smallest absolute Gasteiger partial charge is 0.228 e. The highest BCUT2D eigenvalue weighted by Crippen LogP contribution is 2.39. The Labute approximate surface area is 149 Å². The first-order valence-electron chi connectivity index (χ1n) is 8.83. The number of nitrogens with one attached hydrogen (secondary N) is 1. The number of rotatable bonds is 5. The van der Waals surface area contributed by atoms with Gasteiger partial charge in [-0.3, -0.25) is 4.79 Å². The number of nitrogens with zero attached hydrogens (tertiary/aromatic N) is 4. The summed E-state index contributed by atoms with van der Waals surface area (Å²) in [5.74, 6) is 2.41. The summed E-state index contributed by atoms with van der Waals surface area (Å²) in [6.45, 7) is 0. The van der Waals surface area contributed by atoms with Crippen molar-refractivity contribution in [2.75, 3.05) is 5.32 Å². The van der Waals surface area contributed by atoms with E-state index >= 15 is 0 Å². The van der Waals surface area contributed by atoms with Crippen LogP contribution in [0.4, 0.5) is 5.82 Å². The van der Waals surface area contributed by atoms with Crippen LogP contribution in [0.5, 0.6) is 0 Å². The van der Waals surface area contributed by atoms with Gasteiger partial charge in [0, 0.05) is 18.0 Å². The molecule has 0 atom stereocenters. The topological polar surface area (TPSA) is 93.8 Å². The van der Waals surface area contributed by atoms with E-state index in [1.807, 2.05) is 12.1 Å². The van der Waals surface area contributed by atoms with Crippen LogP contribution < -0.4 is 5.32 Å². The van der Waals surface area contributed by atoms with E-state index < -0.39 is 0 Å². The molecule has 0 spiro atoms. The fourth-order valence-corrected chi connectivity index (χ4v) is 2.84. The molecule has 2 saturated carbocycles. The van der Waals surface area contributed by atoms with Crippen molar-refractivity contribution in [2.24, 2.45) is 5.92 Å². The molecule has 0 bridgehead atoms. The Morgan fingerprint density at radius 3 is 2.69 bits per heavy atom. The van der Waals surface area contributed by atoms with E-state index in [1.165, 1.54) is 0 Å². The molecular weight excluding hydrogens is 330 g/mol. The van der Waals surface area contributed by atoms with E-state index in [4.69, 9.17) is 4.42 Å². The summed E-state index contributed by atoms with van der Waals surface area (Å²) in [6, 6.07) is 5.44. The molecule has 3 aromatic rings. The highest BCUT2D eigenvalue weighted by molar-refractivity contribution is 5.93. The molecule has 2 aliphatic carbocycles. The van der Waals surface area contributed by atoms with Gasteiger partial charge >= 0.3 is 0 Å². The lowest BCUT2D eigenvalue weighted by Crippen LogP contribution is -2.15. The van der Waals surface area contributed by atoms with Gasteiger partial charge in [0.15, 0.2) is 11.6 Å². The Morgan fingerprint density at radius 2 is 1.96 bits per heavy atom. The van der Waals surface area contributed by atoms with Gasteiger partial charge in [0.1, 0.15) is 17.2 Å². The van der Waals surface area contributed by atoms with Crippen molar-refractivity contribution in [2.45, 2.75) is 31.6 Å². The van der Waals surface area contributed by atoms with Crippen LogP contribution in [0, 0.1) is 5.92 Å². The van der Waals surface area contributed by atoms with Gasteiger partial charge in [-0.05, 0) is 43.9 Å². The molecule has 26 heavy (non-hydrogen) atoms. The predicted octanol–water partition coefficient (Wildman–Crippen LogP) is 3.42. The first-order valence-corrected chi connectivity index (χ1v) is 8.83. The average molecular weight is 347 g/mol. The molecule has 5 rings (SSSR count). The van der Waals surface area contributed by atoms with Crippen molar-refractivity contribution < 1.29 is 9.21 Å². The molecule has 130 valence electrons. The van der Waals surface area contributed by atoms with Gasteiger partial charge in [-0.1, -0.05) is 0 Å². The number of amides is 1. The third-order valence-electron chi connectivity index (χ3n) is 4.59. The number of aromatic nitrogens is 4. The Bertz CT molecular complexity index is 962. The van der Waals surface area contributed by atoms with Crippen LogP contribution in [-0.4, -0.2) is 25.8 Å². The van der Waals surface area contributed by atoms with Crippen LogP contribution in [0.15, 0.2) is 41.3 Å². The summed E-state index contributed by atoms with van der Waals surface area (Å²) < 4.78 is 5.53. The summed E-state index contributed by atoms with van der Waals surface area (Å²) in [4.78, 5) is 30.2. The number of furan rings is 1. The first kappa shape index (κ1) is 15.2. The number of anilines is 1. The zero-order chi connectivity index (χ0) is 17.5. The maximum absolute atomic E-state index is 12.0. The lowest BCUT2D eigenvalue weighted by atomic mass is 10.2. The fraction of sp³-hybridized carbons (Fsp3) is 0.316. The second-order valence-corrected chi connectivity index (χ2v) is 6.77. The molecule has 7 heteroatoms. The molecule has 1 amide bonds. The summed E-state index contributed by atoms with van der Waals surface area (Å²) in [6.07, 6.45) is 9.05. The number of carbonyl (C=O) groups is 1. The second kappa shape index (κ2) is 6.01. The zero-order valence-electron chi connectivity index (χ0n) is 14.1. The zero-order valence-corrected chi connectivity index (χ0v) is 14.1. The van der Waals surface area contributed by atoms with E-state index in [-0.39, 0.29) is 11.8 Å². The molecular formula is C19H17N5O2. The van der Waals surface area contributed by atoms with Crippen molar-refractivity contribution in [3.8, 4) is 22.8 Å². The number of hydrogen-bond acceptors (Lipinski definition) is 6. The van der Waals surface area contributed by atoms with Crippen LogP contribution in [0.3, 0.4) is 0 Å². The molecule has 7 nitrogen and oxygen atoms in total. The molecule has 0 aliphatic heterocycles. The molecule has 3 heterocycles. The van der Waals surface area contributed by atoms with Crippen molar-refractivity contribution in [3.63, 3.8) is 0 Å². The highest BCUT2D eigenvalue weighted by atomic mass is 16.3. The predicted molar refractivity (Wildman–Crippen MR) is 94.1 cm³/mol. The van der Waals surface area contributed by atoms with E-state index in [9.17, 15) is 4.79 Å². The highest BCUT2D eigenvalue weighted by Gasteiger charge is 2.30. The molecule has 2 aliphatic rings. The van der Waals surface area contributed by atoms with Gasteiger partial charge < -0.3 is 9.73 Å². The summed E-state index contributed by atoms with van der Waals surface area (Å²) >= 11 is 0. The Kier molecular flexibility index (Phi) is 3.51. The second-order valence-electron chi connectivity index (χ2n) is 6.77. The monoisotopic (exact) mass is 347 g/mol. The standard InChI is InChI=1S/C19H17N5O2/c25-19(12-5-6-12)24-15-10-21-16(17(23-15)14-2-1-9-26-14)13-7-8-20-18(22-13)11-3-4-11/h1-2,7-12H,3-6H2,(H,23,24,25). The summed E-state index contributed by atoms with van der Waals surface area (Å²) in [7, 11) is 0. The molecule has 2 fully saturated rings. The van der Waals surface area contributed by atoms with Gasteiger partial charge in [0.25, 0.3) is 0 Å². The Hall–Kier alpha value is -3.09. The molecule has 1 N–H and O–H groups in total. The van der Waals surface area contributed by atoms with E-state index in [2.05, 4.69) is 25.3 Å². The quantitative estimate of drug-likeness (QED) is 0.760. The van der Waals surface area contributed by atoms with Crippen molar-refractivity contribution >= 4 is 11.7 Å². The average Bonchev–Trinajstić information content (AvgIpc) is 3.60. The Morgan fingerprint density at radius 1 is 1.08 bits per heavy atom. The van der Waals surface area contributed by atoms with Crippen LogP contribution in [-0.2, 0) is 4.79 Å². The maximum atomic E-state index is 12.0. The minimum atomic E-state index is -0.00417. The van der Waals surface area contributed by atoms with Crippen LogP contribution >= 0.6 is 0 Å². The summed E-state index contributed by atoms with van der Waals surface area (Å²) in [5.41, 5.74) is 1.89. The normalized spacial score (nSPS) is 16.5. The van der Waals surface area contributed by atoms with Gasteiger partial charge in [-0.2, -0.15) is 0 Å². The number of hydrogen-bond donors (Lipinski definition) is 1. The lowest BCUT2D eigenvalue weighted by Gasteiger charge is -2.09. The van der Waals surface area contributed by atoms with Crippen LogP contribution in [0.2, 0.25) is 0 Å². The molecule has 0 unspecified atom stereocenters. The third kappa shape index (κ3) is 2.96. The lowest BCUT2D eigenvalue weighted by molar-refractivity contribution is -0.117. The molecule has 0 aromatic carbocycles.